The zero-order chi connectivity index (χ0) is 10.8. The van der Waals surface area contributed by atoms with Crippen molar-refractivity contribution in [3.8, 4) is 0 Å². The van der Waals surface area contributed by atoms with E-state index in [2.05, 4.69) is 38.6 Å². The molecule has 0 aromatic heterocycles. The van der Waals surface area contributed by atoms with Crippen LogP contribution < -0.4 is 0 Å². The molecule has 0 unspecified atom stereocenters. The third-order valence-electron chi connectivity index (χ3n) is 3.70. The molecule has 0 radical (unpaired) electrons. The van der Waals surface area contributed by atoms with Gasteiger partial charge in [-0.25, -0.2) is 0 Å². The minimum absolute atomic E-state index is 0.773. The van der Waals surface area contributed by atoms with Crippen molar-refractivity contribution >= 4 is 0 Å². The fourth-order valence-corrected chi connectivity index (χ4v) is 2.38. The summed E-state index contributed by atoms with van der Waals surface area (Å²) >= 11 is 0. The Hall–Kier alpha value is -1.04. The highest BCUT2D eigenvalue weighted by Crippen LogP contribution is 2.35. The zero-order valence-electron chi connectivity index (χ0n) is 9.84. The van der Waals surface area contributed by atoms with E-state index in [1.807, 2.05) is 0 Å². The molecule has 0 N–H and O–H groups in total. The van der Waals surface area contributed by atoms with Gasteiger partial charge in [-0.2, -0.15) is 0 Å². The van der Waals surface area contributed by atoms with Crippen molar-refractivity contribution in [1.82, 2.24) is 0 Å². The number of aryl methyl sites for hydroxylation is 2. The summed E-state index contributed by atoms with van der Waals surface area (Å²) in [7, 11) is 0. The Balaban J connectivity index is 2.16. The first-order valence-electron chi connectivity index (χ1n) is 5.90. The number of hydrogen-bond donors (Lipinski definition) is 0. The van der Waals surface area contributed by atoms with Gasteiger partial charge in [0.2, 0.25) is 0 Å². The molecule has 0 amide bonds. The van der Waals surface area contributed by atoms with E-state index in [4.69, 9.17) is 0 Å². The average Bonchev–Trinajstić information content (AvgIpc) is 2.23. The third kappa shape index (κ3) is 2.31. The Morgan fingerprint density at radius 1 is 1.07 bits per heavy atom. The van der Waals surface area contributed by atoms with Gasteiger partial charge in [-0.1, -0.05) is 30.4 Å². The van der Waals surface area contributed by atoms with E-state index in [9.17, 15) is 0 Å². The Bertz CT molecular complexity index is 364. The van der Waals surface area contributed by atoms with Crippen LogP contribution >= 0.6 is 0 Å². The Morgan fingerprint density at radius 2 is 1.73 bits per heavy atom. The molecule has 0 heterocycles. The Kier molecular flexibility index (Phi) is 2.95. The van der Waals surface area contributed by atoms with Gasteiger partial charge in [0.15, 0.2) is 0 Å². The standard InChI is InChI=1S/C15H20/c1-11-4-7-14(8-5-11)15-9-6-12(2)13(3)10-15/h6,9-10,14H,1,4-5,7-8H2,2-3H3. The van der Waals surface area contributed by atoms with Crippen LogP contribution in [0.4, 0.5) is 0 Å². The number of benzene rings is 1. The lowest BCUT2D eigenvalue weighted by Crippen LogP contribution is -2.06. The van der Waals surface area contributed by atoms with Gasteiger partial charge in [0.05, 0.1) is 0 Å². The molecule has 0 bridgehead atoms. The maximum Gasteiger partial charge on any atom is -0.0156 e. The second kappa shape index (κ2) is 4.22. The fourth-order valence-electron chi connectivity index (χ4n) is 2.38. The van der Waals surface area contributed by atoms with Crippen LogP contribution in [-0.4, -0.2) is 0 Å². The summed E-state index contributed by atoms with van der Waals surface area (Å²) < 4.78 is 0. The van der Waals surface area contributed by atoms with Crippen LogP contribution in [0.25, 0.3) is 0 Å². The summed E-state index contributed by atoms with van der Waals surface area (Å²) in [6.45, 7) is 8.47. The van der Waals surface area contributed by atoms with Gasteiger partial charge in [0, 0.05) is 0 Å². The van der Waals surface area contributed by atoms with Crippen LogP contribution in [0.3, 0.4) is 0 Å². The molecular weight excluding hydrogens is 180 g/mol. The fraction of sp³-hybridized carbons (Fsp3) is 0.467. The molecule has 1 aliphatic carbocycles. The smallest absolute Gasteiger partial charge is 0.0156 e. The second-order valence-corrected chi connectivity index (χ2v) is 4.87. The first kappa shape index (κ1) is 10.5. The van der Waals surface area contributed by atoms with E-state index < -0.39 is 0 Å². The number of rotatable bonds is 1. The molecule has 0 heteroatoms. The lowest BCUT2D eigenvalue weighted by atomic mass is 9.81. The maximum absolute atomic E-state index is 4.07. The molecule has 80 valence electrons. The number of allylic oxidation sites excluding steroid dienone is 1. The van der Waals surface area contributed by atoms with Gasteiger partial charge >= 0.3 is 0 Å². The van der Waals surface area contributed by atoms with Crippen LogP contribution in [0.1, 0.15) is 48.3 Å². The van der Waals surface area contributed by atoms with E-state index in [1.54, 1.807) is 0 Å². The molecule has 0 aliphatic heterocycles. The maximum atomic E-state index is 4.07. The highest BCUT2D eigenvalue weighted by atomic mass is 14.2. The van der Waals surface area contributed by atoms with Crippen molar-refractivity contribution in [1.29, 1.82) is 0 Å². The van der Waals surface area contributed by atoms with Gasteiger partial charge < -0.3 is 0 Å². The van der Waals surface area contributed by atoms with Crippen molar-refractivity contribution in [2.45, 2.75) is 45.4 Å². The second-order valence-electron chi connectivity index (χ2n) is 4.87. The lowest BCUT2D eigenvalue weighted by Gasteiger charge is -2.24. The highest BCUT2D eigenvalue weighted by molar-refractivity contribution is 5.32. The van der Waals surface area contributed by atoms with Crippen LogP contribution in [0, 0.1) is 13.8 Å². The molecule has 15 heavy (non-hydrogen) atoms. The SMILES string of the molecule is C=C1CCC(c2ccc(C)c(C)c2)CC1. The summed E-state index contributed by atoms with van der Waals surface area (Å²) in [5.41, 5.74) is 5.80. The van der Waals surface area contributed by atoms with Crippen LogP contribution in [0.5, 0.6) is 0 Å². The van der Waals surface area contributed by atoms with Crippen LogP contribution in [0.15, 0.2) is 30.4 Å². The van der Waals surface area contributed by atoms with E-state index in [0.29, 0.717) is 0 Å². The third-order valence-corrected chi connectivity index (χ3v) is 3.70. The molecule has 0 atom stereocenters. The molecule has 1 aliphatic rings. The molecule has 1 fully saturated rings. The normalized spacial score (nSPS) is 18.1. The summed E-state index contributed by atoms with van der Waals surface area (Å²) in [6.07, 6.45) is 5.03. The van der Waals surface area contributed by atoms with Gasteiger partial charge in [-0.05, 0) is 62.1 Å². The molecule has 1 saturated carbocycles. The summed E-state index contributed by atoms with van der Waals surface area (Å²) in [5, 5.41) is 0. The molecular formula is C15H20. The predicted octanol–water partition coefficient (Wildman–Crippen LogP) is 4.52. The monoisotopic (exact) mass is 200 g/mol. The number of hydrogen-bond acceptors (Lipinski definition) is 0. The molecule has 0 nitrogen and oxygen atoms in total. The summed E-state index contributed by atoms with van der Waals surface area (Å²) in [4.78, 5) is 0. The topological polar surface area (TPSA) is 0 Å². The first-order chi connectivity index (χ1) is 7.16. The molecule has 1 aromatic rings. The van der Waals surface area contributed by atoms with Gasteiger partial charge in [-0.3, -0.25) is 0 Å². The van der Waals surface area contributed by atoms with Crippen molar-refractivity contribution < 1.29 is 0 Å². The van der Waals surface area contributed by atoms with Gasteiger partial charge in [-0.15, -0.1) is 0 Å². The Morgan fingerprint density at radius 3 is 2.33 bits per heavy atom. The predicted molar refractivity (Wildman–Crippen MR) is 66.3 cm³/mol. The summed E-state index contributed by atoms with van der Waals surface area (Å²) in [6, 6.07) is 6.93. The van der Waals surface area contributed by atoms with Crippen LogP contribution in [0.2, 0.25) is 0 Å². The molecule has 2 rings (SSSR count). The molecule has 0 spiro atoms. The Labute approximate surface area is 93.0 Å². The largest absolute Gasteiger partial charge is 0.0999 e. The van der Waals surface area contributed by atoms with E-state index in [-0.39, 0.29) is 0 Å². The minimum Gasteiger partial charge on any atom is -0.0999 e. The highest BCUT2D eigenvalue weighted by Gasteiger charge is 2.17. The quantitative estimate of drug-likeness (QED) is 0.585. The van der Waals surface area contributed by atoms with Crippen molar-refractivity contribution in [3.63, 3.8) is 0 Å². The zero-order valence-corrected chi connectivity index (χ0v) is 9.84. The van der Waals surface area contributed by atoms with Gasteiger partial charge in [0.25, 0.3) is 0 Å². The van der Waals surface area contributed by atoms with Crippen molar-refractivity contribution in [3.05, 3.63) is 47.0 Å². The average molecular weight is 200 g/mol. The first-order valence-corrected chi connectivity index (χ1v) is 5.90. The van der Waals surface area contributed by atoms with Gasteiger partial charge in [0.1, 0.15) is 0 Å². The van der Waals surface area contributed by atoms with Crippen molar-refractivity contribution in [2.24, 2.45) is 0 Å². The van der Waals surface area contributed by atoms with E-state index >= 15 is 0 Å². The van der Waals surface area contributed by atoms with E-state index in [1.165, 1.54) is 47.9 Å². The van der Waals surface area contributed by atoms with E-state index in [0.717, 1.165) is 5.92 Å². The summed E-state index contributed by atoms with van der Waals surface area (Å²) in [5.74, 6) is 0.773. The molecule has 0 saturated heterocycles. The van der Waals surface area contributed by atoms with Crippen LogP contribution in [-0.2, 0) is 0 Å². The van der Waals surface area contributed by atoms with Crippen molar-refractivity contribution in [2.75, 3.05) is 0 Å². The molecule has 1 aromatic carbocycles. The minimum atomic E-state index is 0.773. The lowest BCUT2D eigenvalue weighted by molar-refractivity contribution is 0.518.